The normalized spacial score (nSPS) is 21.0. The van der Waals surface area contributed by atoms with Crippen LogP contribution in [0.25, 0.3) is 0 Å². The van der Waals surface area contributed by atoms with Crippen molar-refractivity contribution >= 4 is 11.9 Å². The summed E-state index contributed by atoms with van der Waals surface area (Å²) in [6, 6.07) is 0. The smallest absolute Gasteiger partial charge is 0.257 e. The topological polar surface area (TPSA) is 78.4 Å². The molecule has 1 aliphatic heterocycles. The molecule has 2 rings (SSSR count). The van der Waals surface area contributed by atoms with Gasteiger partial charge in [-0.15, -0.1) is 0 Å². The number of nitrogens with zero attached hydrogens (tertiary/aromatic N) is 3. The second-order valence-corrected chi connectivity index (χ2v) is 6.52. The Kier molecular flexibility index (Phi) is 5.71. The third-order valence-electron chi connectivity index (χ3n) is 4.35. The van der Waals surface area contributed by atoms with Crippen LogP contribution >= 0.6 is 0 Å². The molecule has 6 nitrogen and oxygen atoms in total. The summed E-state index contributed by atoms with van der Waals surface area (Å²) in [5.74, 6) is 0.427. The Balaban J connectivity index is 2.12. The number of anilines is 1. The van der Waals surface area contributed by atoms with Crippen molar-refractivity contribution in [2.24, 2.45) is 5.41 Å². The number of amides is 1. The third-order valence-corrected chi connectivity index (χ3v) is 4.35. The number of allylic oxidation sites excluding steroid dienone is 2. The van der Waals surface area contributed by atoms with E-state index in [1.165, 1.54) is 5.57 Å². The predicted octanol–water partition coefficient (Wildman–Crippen LogP) is 2.09. The number of rotatable bonds is 5. The van der Waals surface area contributed by atoms with Crippen LogP contribution in [0.5, 0.6) is 0 Å². The largest absolute Gasteiger partial charge is 0.396 e. The fraction of sp³-hybridized carbons (Fsp3) is 0.588. The number of aliphatic hydroxyl groups excluding tert-OH is 1. The number of carbonyl (C=O) groups excluding carboxylic acids is 1. The molecule has 2 heterocycles. The van der Waals surface area contributed by atoms with Gasteiger partial charge in [0.2, 0.25) is 5.95 Å². The molecule has 0 spiro atoms. The van der Waals surface area contributed by atoms with Gasteiger partial charge in [0.1, 0.15) is 0 Å². The summed E-state index contributed by atoms with van der Waals surface area (Å²) in [6.45, 7) is 5.48. The maximum atomic E-state index is 12.7. The monoisotopic (exact) mass is 318 g/mol. The van der Waals surface area contributed by atoms with Crippen molar-refractivity contribution in [2.75, 3.05) is 32.1 Å². The van der Waals surface area contributed by atoms with E-state index in [1.54, 1.807) is 19.4 Å². The van der Waals surface area contributed by atoms with Crippen LogP contribution in [0.15, 0.2) is 24.0 Å². The first-order valence-electron chi connectivity index (χ1n) is 8.03. The van der Waals surface area contributed by atoms with Crippen molar-refractivity contribution < 1.29 is 9.90 Å². The predicted molar refractivity (Wildman–Crippen MR) is 90.3 cm³/mol. The van der Waals surface area contributed by atoms with Crippen molar-refractivity contribution in [1.82, 2.24) is 14.9 Å². The maximum absolute atomic E-state index is 12.7. The number of aliphatic hydroxyl groups is 1. The first-order chi connectivity index (χ1) is 11.0. The Labute approximate surface area is 137 Å². The minimum atomic E-state index is -0.239. The molecule has 1 amide bonds. The van der Waals surface area contributed by atoms with E-state index in [1.807, 2.05) is 4.90 Å². The van der Waals surface area contributed by atoms with E-state index in [9.17, 15) is 9.90 Å². The van der Waals surface area contributed by atoms with E-state index < -0.39 is 0 Å². The van der Waals surface area contributed by atoms with Crippen LogP contribution in [0, 0.1) is 5.41 Å². The van der Waals surface area contributed by atoms with E-state index in [0.717, 1.165) is 19.3 Å². The van der Waals surface area contributed by atoms with Gasteiger partial charge < -0.3 is 15.3 Å². The average Bonchev–Trinajstić information content (AvgIpc) is 2.59. The van der Waals surface area contributed by atoms with Crippen LogP contribution in [0.1, 0.15) is 43.5 Å². The fourth-order valence-corrected chi connectivity index (χ4v) is 2.91. The molecule has 2 N–H and O–H groups in total. The van der Waals surface area contributed by atoms with Gasteiger partial charge in [0.15, 0.2) is 0 Å². The lowest BCUT2D eigenvalue weighted by Gasteiger charge is -2.41. The molecule has 0 saturated carbocycles. The van der Waals surface area contributed by atoms with Crippen LogP contribution in [-0.4, -0.2) is 52.6 Å². The van der Waals surface area contributed by atoms with Crippen molar-refractivity contribution in [3.05, 3.63) is 29.6 Å². The van der Waals surface area contributed by atoms with Crippen LogP contribution < -0.4 is 5.32 Å². The number of carbonyl (C=O) groups is 1. The zero-order chi connectivity index (χ0) is 16.9. The van der Waals surface area contributed by atoms with Gasteiger partial charge in [-0.3, -0.25) is 4.79 Å². The standard InChI is InChI=1S/C17H26N4O2/c1-13(2)5-7-17(12-22)6-4-8-21(11-17)15(23)14-9-19-16(18-3)20-10-14/h5,9-10,22H,4,6-8,11-12H2,1-3H3,(H,18,19,20). The van der Waals surface area contributed by atoms with Crippen LogP contribution in [0.4, 0.5) is 5.95 Å². The number of hydrogen-bond acceptors (Lipinski definition) is 5. The molecule has 1 aliphatic rings. The molecule has 1 fully saturated rings. The summed E-state index contributed by atoms with van der Waals surface area (Å²) in [6.07, 6.45) is 7.88. The quantitative estimate of drug-likeness (QED) is 0.813. The highest BCUT2D eigenvalue weighted by Gasteiger charge is 2.36. The van der Waals surface area contributed by atoms with E-state index in [4.69, 9.17) is 0 Å². The van der Waals surface area contributed by atoms with Gasteiger partial charge in [0.25, 0.3) is 5.91 Å². The second-order valence-electron chi connectivity index (χ2n) is 6.52. The van der Waals surface area contributed by atoms with Crippen LogP contribution in [-0.2, 0) is 0 Å². The number of aromatic nitrogens is 2. The summed E-state index contributed by atoms with van der Waals surface area (Å²) in [5.41, 5.74) is 1.48. The molecule has 1 aromatic heterocycles. The Morgan fingerprint density at radius 2 is 2.13 bits per heavy atom. The van der Waals surface area contributed by atoms with E-state index in [2.05, 4.69) is 35.2 Å². The Morgan fingerprint density at radius 3 is 2.70 bits per heavy atom. The summed E-state index contributed by atoms with van der Waals surface area (Å²) < 4.78 is 0. The highest BCUT2D eigenvalue weighted by atomic mass is 16.3. The minimum absolute atomic E-state index is 0.0672. The van der Waals surface area contributed by atoms with Crippen molar-refractivity contribution in [1.29, 1.82) is 0 Å². The molecular weight excluding hydrogens is 292 g/mol. The number of piperidine rings is 1. The maximum Gasteiger partial charge on any atom is 0.257 e. The second kappa shape index (κ2) is 7.55. The summed E-state index contributed by atoms with van der Waals surface area (Å²) >= 11 is 0. The number of nitrogens with one attached hydrogen (secondary N) is 1. The van der Waals surface area contributed by atoms with Gasteiger partial charge in [-0.05, 0) is 33.1 Å². The molecule has 126 valence electrons. The molecule has 0 aromatic carbocycles. The SMILES string of the molecule is CNc1ncc(C(=O)N2CCCC(CO)(CC=C(C)C)C2)cn1. The minimum Gasteiger partial charge on any atom is -0.396 e. The lowest BCUT2D eigenvalue weighted by molar-refractivity contribution is 0.0283. The molecule has 0 aliphatic carbocycles. The summed E-state index contributed by atoms with van der Waals surface area (Å²) in [5, 5.41) is 12.7. The number of hydrogen-bond donors (Lipinski definition) is 2. The molecule has 1 atom stereocenters. The highest BCUT2D eigenvalue weighted by Crippen LogP contribution is 2.34. The Hall–Kier alpha value is -1.95. The first-order valence-corrected chi connectivity index (χ1v) is 8.03. The first kappa shape index (κ1) is 17.4. The third kappa shape index (κ3) is 4.28. The van der Waals surface area contributed by atoms with Gasteiger partial charge >= 0.3 is 0 Å². The van der Waals surface area contributed by atoms with Gasteiger partial charge in [0, 0.05) is 37.9 Å². The molecule has 23 heavy (non-hydrogen) atoms. The molecule has 1 saturated heterocycles. The van der Waals surface area contributed by atoms with E-state index in [-0.39, 0.29) is 17.9 Å². The van der Waals surface area contributed by atoms with E-state index >= 15 is 0 Å². The van der Waals surface area contributed by atoms with Gasteiger partial charge in [0.05, 0.1) is 12.2 Å². The Bertz CT molecular complexity index is 566. The van der Waals surface area contributed by atoms with Crippen molar-refractivity contribution in [3.8, 4) is 0 Å². The van der Waals surface area contributed by atoms with Gasteiger partial charge in [-0.1, -0.05) is 11.6 Å². The Morgan fingerprint density at radius 1 is 1.43 bits per heavy atom. The summed E-state index contributed by atoms with van der Waals surface area (Å²) in [4.78, 5) is 22.7. The zero-order valence-corrected chi connectivity index (χ0v) is 14.2. The van der Waals surface area contributed by atoms with Gasteiger partial charge in [-0.25, -0.2) is 9.97 Å². The molecule has 6 heteroatoms. The molecule has 0 bridgehead atoms. The molecule has 1 unspecified atom stereocenters. The molecule has 0 radical (unpaired) electrons. The van der Waals surface area contributed by atoms with Crippen molar-refractivity contribution in [3.63, 3.8) is 0 Å². The highest BCUT2D eigenvalue weighted by molar-refractivity contribution is 5.93. The number of likely N-dealkylation sites (tertiary alicyclic amines) is 1. The van der Waals surface area contributed by atoms with E-state index in [0.29, 0.717) is 24.6 Å². The average molecular weight is 318 g/mol. The van der Waals surface area contributed by atoms with Crippen LogP contribution in [0.2, 0.25) is 0 Å². The van der Waals surface area contributed by atoms with Crippen molar-refractivity contribution in [2.45, 2.75) is 33.1 Å². The lowest BCUT2D eigenvalue weighted by Crippen LogP contribution is -2.47. The fourth-order valence-electron chi connectivity index (χ4n) is 2.91. The lowest BCUT2D eigenvalue weighted by atomic mass is 9.77. The zero-order valence-electron chi connectivity index (χ0n) is 14.2. The molecular formula is C17H26N4O2. The van der Waals surface area contributed by atoms with Crippen LogP contribution in [0.3, 0.4) is 0 Å². The van der Waals surface area contributed by atoms with Gasteiger partial charge in [-0.2, -0.15) is 0 Å². The molecule has 1 aromatic rings. The summed E-state index contributed by atoms with van der Waals surface area (Å²) in [7, 11) is 1.74.